The van der Waals surface area contributed by atoms with Crippen molar-refractivity contribution < 1.29 is 14.3 Å². The highest BCUT2D eigenvalue weighted by molar-refractivity contribution is 6.05. The summed E-state index contributed by atoms with van der Waals surface area (Å²) in [6.07, 6.45) is 2.87. The van der Waals surface area contributed by atoms with E-state index in [1.54, 1.807) is 55.6 Å². The highest BCUT2D eigenvalue weighted by Crippen LogP contribution is 2.15. The number of ketones is 1. The molecule has 0 radical (unpaired) electrons. The smallest absolute Gasteiger partial charge is 0.250 e. The molecule has 0 unspecified atom stereocenters. The minimum atomic E-state index is -0.530. The highest BCUT2D eigenvalue weighted by Gasteiger charge is 2.05. The Kier molecular flexibility index (Phi) is 4.93. The Balaban J connectivity index is 2.06. The zero-order chi connectivity index (χ0) is 15.9. The van der Waals surface area contributed by atoms with E-state index in [4.69, 9.17) is 10.5 Å². The van der Waals surface area contributed by atoms with Crippen LogP contribution in [0.2, 0.25) is 0 Å². The average molecular weight is 296 g/mol. The molecular formula is C17H16N2O3. The number of anilines is 1. The molecule has 0 heterocycles. The van der Waals surface area contributed by atoms with Crippen LogP contribution in [0.4, 0.5) is 5.69 Å². The lowest BCUT2D eigenvalue weighted by atomic mass is 10.1. The number of hydrogen-bond acceptors (Lipinski definition) is 4. The molecule has 0 aliphatic rings. The minimum absolute atomic E-state index is 0.160. The zero-order valence-electron chi connectivity index (χ0n) is 12.1. The molecule has 0 spiro atoms. The third-order valence-corrected chi connectivity index (χ3v) is 3.04. The molecule has 5 heteroatoms. The van der Waals surface area contributed by atoms with Gasteiger partial charge in [-0.15, -0.1) is 0 Å². The van der Waals surface area contributed by atoms with E-state index >= 15 is 0 Å². The van der Waals surface area contributed by atoms with Gasteiger partial charge >= 0.3 is 0 Å². The van der Waals surface area contributed by atoms with Crippen LogP contribution >= 0.6 is 0 Å². The number of allylic oxidation sites excluding steroid dienone is 1. The van der Waals surface area contributed by atoms with Gasteiger partial charge in [-0.25, -0.2) is 0 Å². The lowest BCUT2D eigenvalue weighted by Gasteiger charge is -2.05. The maximum absolute atomic E-state index is 12.0. The Morgan fingerprint density at radius 3 is 2.41 bits per heavy atom. The van der Waals surface area contributed by atoms with Gasteiger partial charge in [0.1, 0.15) is 5.75 Å². The van der Waals surface area contributed by atoms with Gasteiger partial charge in [0.15, 0.2) is 5.78 Å². The highest BCUT2D eigenvalue weighted by atomic mass is 16.5. The first-order valence-electron chi connectivity index (χ1n) is 6.62. The van der Waals surface area contributed by atoms with Crippen molar-refractivity contribution in [2.45, 2.75) is 0 Å². The van der Waals surface area contributed by atoms with Crippen molar-refractivity contribution in [2.24, 2.45) is 5.73 Å². The molecule has 0 saturated carbocycles. The number of amides is 1. The minimum Gasteiger partial charge on any atom is -0.497 e. The summed E-state index contributed by atoms with van der Waals surface area (Å²) in [6.45, 7) is 0. The van der Waals surface area contributed by atoms with Crippen LogP contribution in [-0.2, 0) is 0 Å². The number of primary amides is 1. The van der Waals surface area contributed by atoms with Crippen LogP contribution in [0.25, 0.3) is 0 Å². The molecule has 0 aliphatic carbocycles. The van der Waals surface area contributed by atoms with Crippen LogP contribution < -0.4 is 15.8 Å². The Hall–Kier alpha value is -3.08. The molecule has 112 valence electrons. The molecule has 2 aromatic rings. The lowest BCUT2D eigenvalue weighted by Crippen LogP contribution is -2.13. The lowest BCUT2D eigenvalue weighted by molar-refractivity contribution is 0.0999. The maximum Gasteiger partial charge on any atom is 0.250 e. The summed E-state index contributed by atoms with van der Waals surface area (Å²) < 4.78 is 5.04. The molecule has 2 rings (SSSR count). The van der Waals surface area contributed by atoms with Crippen LogP contribution in [-0.4, -0.2) is 18.8 Å². The first-order chi connectivity index (χ1) is 10.6. The maximum atomic E-state index is 12.0. The number of nitrogens with two attached hydrogens (primary N) is 1. The molecule has 0 aliphatic heterocycles. The van der Waals surface area contributed by atoms with Crippen LogP contribution in [0.15, 0.2) is 60.8 Å². The molecule has 0 atom stereocenters. The third kappa shape index (κ3) is 3.73. The van der Waals surface area contributed by atoms with Gasteiger partial charge < -0.3 is 15.8 Å². The summed E-state index contributed by atoms with van der Waals surface area (Å²) >= 11 is 0. The van der Waals surface area contributed by atoms with Crippen molar-refractivity contribution in [3.05, 3.63) is 71.9 Å². The molecular weight excluding hydrogens is 280 g/mol. The number of benzene rings is 2. The van der Waals surface area contributed by atoms with Crippen LogP contribution in [0.1, 0.15) is 20.7 Å². The fourth-order valence-electron chi connectivity index (χ4n) is 1.88. The molecule has 2 aromatic carbocycles. The van der Waals surface area contributed by atoms with Crippen LogP contribution in [0.5, 0.6) is 5.75 Å². The van der Waals surface area contributed by atoms with Gasteiger partial charge in [0.05, 0.1) is 18.4 Å². The molecule has 1 amide bonds. The van der Waals surface area contributed by atoms with Gasteiger partial charge in [0.2, 0.25) is 0 Å². The van der Waals surface area contributed by atoms with Crippen LogP contribution in [0.3, 0.4) is 0 Å². The summed E-state index contributed by atoms with van der Waals surface area (Å²) in [6, 6.07) is 13.6. The quantitative estimate of drug-likeness (QED) is 0.634. The van der Waals surface area contributed by atoms with Gasteiger partial charge in [-0.1, -0.05) is 12.1 Å². The zero-order valence-corrected chi connectivity index (χ0v) is 12.1. The van der Waals surface area contributed by atoms with E-state index in [2.05, 4.69) is 5.32 Å². The van der Waals surface area contributed by atoms with Crippen LogP contribution in [0, 0.1) is 0 Å². The second kappa shape index (κ2) is 7.08. The van der Waals surface area contributed by atoms with E-state index in [1.807, 2.05) is 0 Å². The van der Waals surface area contributed by atoms with E-state index in [0.717, 1.165) is 0 Å². The molecule has 22 heavy (non-hydrogen) atoms. The van der Waals surface area contributed by atoms with E-state index in [-0.39, 0.29) is 5.78 Å². The number of nitrogens with one attached hydrogen (secondary N) is 1. The number of para-hydroxylation sites is 1. The first kappa shape index (κ1) is 15.3. The SMILES string of the molecule is COc1ccc(C(=O)/C=C/Nc2ccccc2C(N)=O)cc1. The summed E-state index contributed by atoms with van der Waals surface area (Å²) in [7, 11) is 1.57. The number of ether oxygens (including phenoxy) is 1. The van der Waals surface area contributed by atoms with E-state index < -0.39 is 5.91 Å². The monoisotopic (exact) mass is 296 g/mol. The molecule has 3 N–H and O–H groups in total. The Labute approximate surface area is 128 Å². The second-order valence-electron chi connectivity index (χ2n) is 4.48. The van der Waals surface area contributed by atoms with Crippen molar-refractivity contribution in [1.82, 2.24) is 0 Å². The van der Waals surface area contributed by atoms with Crippen molar-refractivity contribution >= 4 is 17.4 Å². The number of rotatable bonds is 6. The van der Waals surface area contributed by atoms with Gasteiger partial charge in [-0.2, -0.15) is 0 Å². The standard InChI is InChI=1S/C17H16N2O3/c1-22-13-8-6-12(7-9-13)16(20)10-11-19-15-5-3-2-4-14(15)17(18)21/h2-11,19H,1H3,(H2,18,21)/b11-10+. The second-order valence-corrected chi connectivity index (χ2v) is 4.48. The van der Waals surface area contributed by atoms with Crippen molar-refractivity contribution in [3.8, 4) is 5.75 Å². The summed E-state index contributed by atoms with van der Waals surface area (Å²) in [5, 5.41) is 2.89. The third-order valence-electron chi connectivity index (χ3n) is 3.04. The summed E-state index contributed by atoms with van der Waals surface area (Å²) in [5.74, 6) is -0.00118. The molecule has 5 nitrogen and oxygen atoms in total. The first-order valence-corrected chi connectivity index (χ1v) is 6.62. The van der Waals surface area contributed by atoms with Crippen molar-refractivity contribution in [3.63, 3.8) is 0 Å². The Morgan fingerprint density at radius 1 is 1.09 bits per heavy atom. The van der Waals surface area contributed by atoms with Gasteiger partial charge in [-0.05, 0) is 36.4 Å². The number of carbonyl (C=O) groups excluding carboxylic acids is 2. The Bertz CT molecular complexity index is 706. The van der Waals surface area contributed by atoms with E-state index in [9.17, 15) is 9.59 Å². The molecule has 0 fully saturated rings. The van der Waals surface area contributed by atoms with Crippen molar-refractivity contribution in [2.75, 3.05) is 12.4 Å². The number of carbonyl (C=O) groups is 2. The summed E-state index contributed by atoms with van der Waals surface area (Å²) in [4.78, 5) is 23.3. The predicted molar refractivity (Wildman–Crippen MR) is 85.0 cm³/mol. The number of hydrogen-bond donors (Lipinski definition) is 2. The normalized spacial score (nSPS) is 10.4. The fourth-order valence-corrected chi connectivity index (χ4v) is 1.88. The molecule has 0 saturated heterocycles. The molecule has 0 bridgehead atoms. The van der Waals surface area contributed by atoms with E-state index in [1.165, 1.54) is 12.3 Å². The summed E-state index contributed by atoms with van der Waals surface area (Å²) in [5.41, 5.74) is 6.74. The molecule has 0 aromatic heterocycles. The average Bonchev–Trinajstić information content (AvgIpc) is 2.55. The topological polar surface area (TPSA) is 81.4 Å². The Morgan fingerprint density at radius 2 is 1.77 bits per heavy atom. The predicted octanol–water partition coefficient (Wildman–Crippen LogP) is 2.60. The van der Waals surface area contributed by atoms with Gasteiger partial charge in [0.25, 0.3) is 5.91 Å². The van der Waals surface area contributed by atoms with E-state index in [0.29, 0.717) is 22.6 Å². The largest absolute Gasteiger partial charge is 0.497 e. The fraction of sp³-hybridized carbons (Fsp3) is 0.0588. The number of methoxy groups -OCH3 is 1. The van der Waals surface area contributed by atoms with Crippen molar-refractivity contribution in [1.29, 1.82) is 0 Å². The van der Waals surface area contributed by atoms with Gasteiger partial charge in [-0.3, -0.25) is 9.59 Å². The van der Waals surface area contributed by atoms with Gasteiger partial charge in [0, 0.05) is 17.8 Å².